The molecule has 0 spiro atoms. The molecule has 16 heavy (non-hydrogen) atoms. The minimum atomic E-state index is -0.277. The summed E-state index contributed by atoms with van der Waals surface area (Å²) in [5.74, 6) is 0.716. The van der Waals surface area contributed by atoms with Gasteiger partial charge in [0.1, 0.15) is 11.6 Å². The summed E-state index contributed by atoms with van der Waals surface area (Å²) in [5.41, 5.74) is 8.24. The molecule has 0 radical (unpaired) electrons. The molecule has 0 bridgehead atoms. The van der Waals surface area contributed by atoms with Crippen LogP contribution in [-0.2, 0) is 0 Å². The molecule has 2 N–H and O–H groups in total. The maximum atomic E-state index is 12.8. The van der Waals surface area contributed by atoms with E-state index in [0.717, 1.165) is 16.8 Å². The molecule has 2 rings (SSSR count). The zero-order chi connectivity index (χ0) is 11.7. The minimum absolute atomic E-state index is 0.277. The van der Waals surface area contributed by atoms with Gasteiger partial charge in [-0.25, -0.2) is 14.4 Å². The predicted molar refractivity (Wildman–Crippen MR) is 61.3 cm³/mol. The fraction of sp³-hybridized carbons (Fsp3) is 0.167. The Labute approximate surface area is 93.2 Å². The van der Waals surface area contributed by atoms with Crippen LogP contribution >= 0.6 is 0 Å². The average Bonchev–Trinajstić information content (AvgIpc) is 2.26. The predicted octanol–water partition coefficient (Wildman–Crippen LogP) is 2.48. The number of anilines is 1. The van der Waals surface area contributed by atoms with Crippen LogP contribution in [0.4, 0.5) is 10.2 Å². The molecule has 2 aromatic rings. The molecule has 4 heteroatoms. The zero-order valence-electron chi connectivity index (χ0n) is 9.16. The second-order valence-corrected chi connectivity index (χ2v) is 3.65. The summed E-state index contributed by atoms with van der Waals surface area (Å²) in [4.78, 5) is 8.50. The van der Waals surface area contributed by atoms with Crippen LogP contribution < -0.4 is 5.73 Å². The highest BCUT2D eigenvalue weighted by molar-refractivity contribution is 5.58. The van der Waals surface area contributed by atoms with Crippen LogP contribution in [0, 0.1) is 19.7 Å². The first kappa shape index (κ1) is 10.5. The lowest BCUT2D eigenvalue weighted by atomic mass is 10.2. The van der Waals surface area contributed by atoms with E-state index in [0.29, 0.717) is 11.6 Å². The lowest BCUT2D eigenvalue weighted by Gasteiger charge is -2.06. The first-order valence-corrected chi connectivity index (χ1v) is 4.94. The molecule has 82 valence electrons. The van der Waals surface area contributed by atoms with Crippen LogP contribution in [0.3, 0.4) is 0 Å². The van der Waals surface area contributed by atoms with Gasteiger partial charge in [-0.3, -0.25) is 0 Å². The number of rotatable bonds is 1. The third-order valence-electron chi connectivity index (χ3n) is 2.53. The maximum Gasteiger partial charge on any atom is 0.161 e. The van der Waals surface area contributed by atoms with Crippen molar-refractivity contribution in [2.75, 3.05) is 5.73 Å². The number of halogens is 1. The van der Waals surface area contributed by atoms with E-state index in [2.05, 4.69) is 9.97 Å². The second kappa shape index (κ2) is 3.89. The van der Waals surface area contributed by atoms with Crippen molar-refractivity contribution in [3.05, 3.63) is 41.3 Å². The molecule has 0 fully saturated rings. The first-order chi connectivity index (χ1) is 7.58. The van der Waals surface area contributed by atoms with Crippen molar-refractivity contribution in [1.29, 1.82) is 0 Å². The molecule has 0 atom stereocenters. The molecule has 0 saturated carbocycles. The zero-order valence-corrected chi connectivity index (χ0v) is 9.16. The van der Waals surface area contributed by atoms with Crippen LogP contribution in [0.15, 0.2) is 24.3 Å². The fourth-order valence-electron chi connectivity index (χ4n) is 1.38. The number of hydrogen-bond acceptors (Lipinski definition) is 3. The van der Waals surface area contributed by atoms with Crippen molar-refractivity contribution in [3.8, 4) is 11.4 Å². The van der Waals surface area contributed by atoms with Crippen LogP contribution in [0.25, 0.3) is 11.4 Å². The fourth-order valence-corrected chi connectivity index (χ4v) is 1.38. The number of nitrogens with two attached hydrogens (primary N) is 1. The van der Waals surface area contributed by atoms with Gasteiger partial charge < -0.3 is 5.73 Å². The Morgan fingerprint density at radius 3 is 2.25 bits per heavy atom. The number of aryl methyl sites for hydroxylation is 1. The lowest BCUT2D eigenvalue weighted by molar-refractivity contribution is 0.628. The monoisotopic (exact) mass is 217 g/mol. The lowest BCUT2D eigenvalue weighted by Crippen LogP contribution is -2.02. The third-order valence-corrected chi connectivity index (χ3v) is 2.53. The molecule has 0 unspecified atom stereocenters. The van der Waals surface area contributed by atoms with E-state index in [-0.39, 0.29) is 5.82 Å². The molecule has 0 amide bonds. The van der Waals surface area contributed by atoms with Crippen molar-refractivity contribution in [1.82, 2.24) is 9.97 Å². The molecule has 3 nitrogen and oxygen atoms in total. The molecule has 0 aliphatic heterocycles. The van der Waals surface area contributed by atoms with Crippen molar-refractivity contribution >= 4 is 5.82 Å². The van der Waals surface area contributed by atoms with E-state index >= 15 is 0 Å². The van der Waals surface area contributed by atoms with E-state index in [1.165, 1.54) is 12.1 Å². The Morgan fingerprint density at radius 1 is 1.06 bits per heavy atom. The van der Waals surface area contributed by atoms with Crippen molar-refractivity contribution in [2.45, 2.75) is 13.8 Å². The maximum absolute atomic E-state index is 12.8. The van der Waals surface area contributed by atoms with Gasteiger partial charge in [0.15, 0.2) is 5.82 Å². The van der Waals surface area contributed by atoms with Gasteiger partial charge >= 0.3 is 0 Å². The van der Waals surface area contributed by atoms with Crippen molar-refractivity contribution in [3.63, 3.8) is 0 Å². The number of hydrogen-bond donors (Lipinski definition) is 1. The average molecular weight is 217 g/mol. The Balaban J connectivity index is 2.52. The first-order valence-electron chi connectivity index (χ1n) is 4.94. The largest absolute Gasteiger partial charge is 0.383 e. The van der Waals surface area contributed by atoms with E-state index in [9.17, 15) is 4.39 Å². The standard InChI is InChI=1S/C12H12FN3/c1-7-8(2)15-12(16-11(7)14)9-3-5-10(13)6-4-9/h3-6H,1-2H3,(H2,14,15,16). The van der Waals surface area contributed by atoms with E-state index < -0.39 is 0 Å². The molecule has 0 saturated heterocycles. The Morgan fingerprint density at radius 2 is 1.69 bits per heavy atom. The summed E-state index contributed by atoms with van der Waals surface area (Å²) in [6, 6.07) is 6.03. The summed E-state index contributed by atoms with van der Waals surface area (Å²) in [6.07, 6.45) is 0. The summed E-state index contributed by atoms with van der Waals surface area (Å²) < 4.78 is 12.8. The highest BCUT2D eigenvalue weighted by atomic mass is 19.1. The highest BCUT2D eigenvalue weighted by Gasteiger charge is 2.07. The molecular formula is C12H12FN3. The normalized spacial score (nSPS) is 10.4. The van der Waals surface area contributed by atoms with Crippen LogP contribution in [0.5, 0.6) is 0 Å². The summed E-state index contributed by atoms with van der Waals surface area (Å²) in [7, 11) is 0. The third kappa shape index (κ3) is 1.86. The second-order valence-electron chi connectivity index (χ2n) is 3.65. The minimum Gasteiger partial charge on any atom is -0.383 e. The van der Waals surface area contributed by atoms with Gasteiger partial charge in [-0.2, -0.15) is 0 Å². The summed E-state index contributed by atoms with van der Waals surface area (Å²) >= 11 is 0. The van der Waals surface area contributed by atoms with Gasteiger partial charge in [-0.15, -0.1) is 0 Å². The van der Waals surface area contributed by atoms with E-state index in [4.69, 9.17) is 5.73 Å². The molecule has 0 aliphatic rings. The molecule has 1 heterocycles. The van der Waals surface area contributed by atoms with Gasteiger partial charge in [0.2, 0.25) is 0 Å². The van der Waals surface area contributed by atoms with E-state index in [1.54, 1.807) is 12.1 Å². The summed E-state index contributed by atoms with van der Waals surface area (Å²) in [5, 5.41) is 0. The number of nitrogens with zero attached hydrogens (tertiary/aromatic N) is 2. The Bertz CT molecular complexity index is 497. The smallest absolute Gasteiger partial charge is 0.161 e. The van der Waals surface area contributed by atoms with Crippen molar-refractivity contribution < 1.29 is 4.39 Å². The van der Waals surface area contributed by atoms with Gasteiger partial charge in [-0.1, -0.05) is 0 Å². The van der Waals surface area contributed by atoms with Gasteiger partial charge in [0.25, 0.3) is 0 Å². The SMILES string of the molecule is Cc1nc(-c2ccc(F)cc2)nc(N)c1C. The van der Waals surface area contributed by atoms with Crippen LogP contribution in [0.2, 0.25) is 0 Å². The highest BCUT2D eigenvalue weighted by Crippen LogP contribution is 2.19. The molecule has 0 aliphatic carbocycles. The topological polar surface area (TPSA) is 51.8 Å². The van der Waals surface area contributed by atoms with Gasteiger partial charge in [0, 0.05) is 16.8 Å². The van der Waals surface area contributed by atoms with Crippen molar-refractivity contribution in [2.24, 2.45) is 0 Å². The number of nitrogen functional groups attached to an aromatic ring is 1. The van der Waals surface area contributed by atoms with Crippen LogP contribution in [-0.4, -0.2) is 9.97 Å². The number of aromatic nitrogens is 2. The van der Waals surface area contributed by atoms with Gasteiger partial charge in [-0.05, 0) is 38.1 Å². The van der Waals surface area contributed by atoms with Gasteiger partial charge in [0.05, 0.1) is 0 Å². The number of benzene rings is 1. The van der Waals surface area contributed by atoms with Crippen LogP contribution in [0.1, 0.15) is 11.3 Å². The molecule has 1 aromatic heterocycles. The Kier molecular flexibility index (Phi) is 2.56. The van der Waals surface area contributed by atoms with E-state index in [1.807, 2.05) is 13.8 Å². The quantitative estimate of drug-likeness (QED) is 0.798. The molecule has 1 aromatic carbocycles. The summed E-state index contributed by atoms with van der Waals surface area (Å²) in [6.45, 7) is 3.75. The Hall–Kier alpha value is -1.97. The molecular weight excluding hydrogens is 205 g/mol.